The molecule has 2 N–H and O–H groups in total. The maximum Gasteiger partial charge on any atom is 0.231 e. The van der Waals surface area contributed by atoms with E-state index in [9.17, 15) is 9.59 Å². The van der Waals surface area contributed by atoms with Crippen LogP contribution in [0.1, 0.15) is 43.4 Å². The molecule has 0 aliphatic heterocycles. The molecule has 2 amide bonds. The van der Waals surface area contributed by atoms with Crippen molar-refractivity contribution in [3.63, 3.8) is 0 Å². The van der Waals surface area contributed by atoms with E-state index in [1.165, 1.54) is 0 Å². The summed E-state index contributed by atoms with van der Waals surface area (Å²) in [5.74, 6) is 0.791. The summed E-state index contributed by atoms with van der Waals surface area (Å²) in [6, 6.07) is 13.6. The minimum Gasteiger partial charge on any atom is -0.493 e. The number of ether oxygens (including phenoxy) is 1. The Hall–Kier alpha value is -2.93. The van der Waals surface area contributed by atoms with Gasteiger partial charge < -0.3 is 20.3 Å². The summed E-state index contributed by atoms with van der Waals surface area (Å²) in [7, 11) is 3.47. The Bertz CT molecular complexity index is 985. The van der Waals surface area contributed by atoms with E-state index in [0.29, 0.717) is 19.4 Å². The molecule has 33 heavy (non-hydrogen) atoms. The molecule has 0 saturated heterocycles. The van der Waals surface area contributed by atoms with Crippen molar-refractivity contribution in [2.24, 2.45) is 5.41 Å². The first-order chi connectivity index (χ1) is 15.5. The predicted molar refractivity (Wildman–Crippen MR) is 138 cm³/mol. The van der Waals surface area contributed by atoms with Gasteiger partial charge in [-0.2, -0.15) is 0 Å². The van der Waals surface area contributed by atoms with Crippen molar-refractivity contribution in [2.75, 3.05) is 26.0 Å². The molecular weight excluding hydrogens is 434 g/mol. The van der Waals surface area contributed by atoms with Gasteiger partial charge in [0.25, 0.3) is 0 Å². The first kappa shape index (κ1) is 26.3. The highest BCUT2D eigenvalue weighted by molar-refractivity contribution is 7.80. The number of nitrogens with one attached hydrogen (secondary N) is 2. The number of carbonyl (C=O) groups excluding carboxylic acids is 2. The van der Waals surface area contributed by atoms with E-state index < -0.39 is 5.41 Å². The van der Waals surface area contributed by atoms with E-state index in [0.717, 1.165) is 34.5 Å². The highest BCUT2D eigenvalue weighted by Gasteiger charge is 2.27. The molecule has 0 atom stereocenters. The highest BCUT2D eigenvalue weighted by atomic mass is 32.1. The highest BCUT2D eigenvalue weighted by Crippen LogP contribution is 2.24. The van der Waals surface area contributed by atoms with Crippen molar-refractivity contribution in [3.05, 3.63) is 59.2 Å². The standard InChI is InChI=1S/C26H35N3O3S/c1-18-8-9-19(2)22(16-18)32-15-7-14-26(3,4)24(31)28-25(33)27-21-12-10-20(11-13-21)17-23(30)29(5)6/h8-13,16H,7,14-15,17H2,1-6H3,(H2,27,28,31,33). The lowest BCUT2D eigenvalue weighted by atomic mass is 9.87. The Morgan fingerprint density at radius 1 is 1.06 bits per heavy atom. The molecule has 0 aliphatic rings. The quantitative estimate of drug-likeness (QED) is 0.414. The van der Waals surface area contributed by atoms with E-state index in [-0.39, 0.29) is 16.9 Å². The van der Waals surface area contributed by atoms with Gasteiger partial charge in [-0.25, -0.2) is 0 Å². The van der Waals surface area contributed by atoms with Crippen LogP contribution in [0.4, 0.5) is 5.69 Å². The smallest absolute Gasteiger partial charge is 0.231 e. The number of rotatable bonds is 9. The van der Waals surface area contributed by atoms with Crippen molar-refractivity contribution in [2.45, 2.75) is 47.0 Å². The fraction of sp³-hybridized carbons (Fsp3) is 0.423. The SMILES string of the molecule is Cc1ccc(C)c(OCCCC(C)(C)C(=O)NC(=S)Nc2ccc(CC(=O)N(C)C)cc2)c1. The third-order valence-corrected chi connectivity index (χ3v) is 5.66. The number of anilines is 1. The van der Waals surface area contributed by atoms with E-state index in [2.05, 4.69) is 16.7 Å². The molecule has 2 rings (SSSR count). The fourth-order valence-electron chi connectivity index (χ4n) is 3.15. The summed E-state index contributed by atoms with van der Waals surface area (Å²) in [5, 5.41) is 6.06. The lowest BCUT2D eigenvalue weighted by Crippen LogP contribution is -2.42. The number of benzene rings is 2. The van der Waals surface area contributed by atoms with Gasteiger partial charge in [-0.1, -0.05) is 38.1 Å². The third kappa shape index (κ3) is 8.50. The maximum atomic E-state index is 12.7. The number of hydrogen-bond acceptors (Lipinski definition) is 4. The summed E-state index contributed by atoms with van der Waals surface area (Å²) in [6.07, 6.45) is 1.76. The number of nitrogens with zero attached hydrogens (tertiary/aromatic N) is 1. The Labute approximate surface area is 202 Å². The normalized spacial score (nSPS) is 11.0. The Kier molecular flexibility index (Phi) is 9.41. The van der Waals surface area contributed by atoms with Crippen LogP contribution in [0.2, 0.25) is 0 Å². The number of thiocarbonyl (C=S) groups is 1. The molecular formula is C26H35N3O3S. The number of likely N-dealkylation sites (N-methyl/N-ethyl adjacent to an activating group) is 1. The van der Waals surface area contributed by atoms with Crippen molar-refractivity contribution < 1.29 is 14.3 Å². The van der Waals surface area contributed by atoms with Gasteiger partial charge in [-0.05, 0) is 73.8 Å². The summed E-state index contributed by atoms with van der Waals surface area (Å²) < 4.78 is 5.91. The van der Waals surface area contributed by atoms with Crippen LogP contribution in [-0.4, -0.2) is 42.5 Å². The van der Waals surface area contributed by atoms with E-state index in [4.69, 9.17) is 17.0 Å². The number of hydrogen-bond donors (Lipinski definition) is 2. The first-order valence-corrected chi connectivity index (χ1v) is 11.5. The van der Waals surface area contributed by atoms with E-state index in [1.54, 1.807) is 19.0 Å². The second kappa shape index (κ2) is 11.8. The molecule has 0 spiro atoms. The summed E-state index contributed by atoms with van der Waals surface area (Å²) in [4.78, 5) is 26.1. The molecule has 0 aromatic heterocycles. The van der Waals surface area contributed by atoms with Crippen LogP contribution in [0.3, 0.4) is 0 Å². The first-order valence-electron chi connectivity index (χ1n) is 11.1. The lowest BCUT2D eigenvalue weighted by molar-refractivity contribution is -0.128. The average Bonchev–Trinajstić information content (AvgIpc) is 2.74. The topological polar surface area (TPSA) is 70.7 Å². The zero-order valence-corrected chi connectivity index (χ0v) is 21.3. The molecule has 2 aromatic carbocycles. The van der Waals surface area contributed by atoms with E-state index >= 15 is 0 Å². The number of carbonyl (C=O) groups is 2. The van der Waals surface area contributed by atoms with Gasteiger partial charge in [-0.15, -0.1) is 0 Å². The Morgan fingerprint density at radius 3 is 2.36 bits per heavy atom. The van der Waals surface area contributed by atoms with Gasteiger partial charge in [0.05, 0.1) is 13.0 Å². The molecule has 0 fully saturated rings. The van der Waals surface area contributed by atoms with Crippen molar-refractivity contribution in [3.8, 4) is 5.75 Å². The van der Waals surface area contributed by atoms with Crippen molar-refractivity contribution >= 4 is 34.8 Å². The van der Waals surface area contributed by atoms with Crippen LogP contribution in [0.15, 0.2) is 42.5 Å². The zero-order chi connectivity index (χ0) is 24.6. The number of aryl methyl sites for hydroxylation is 2. The summed E-state index contributed by atoms with van der Waals surface area (Å²) in [5.41, 5.74) is 3.34. The molecule has 0 radical (unpaired) electrons. The van der Waals surface area contributed by atoms with Crippen molar-refractivity contribution in [1.82, 2.24) is 10.2 Å². The molecule has 0 unspecified atom stereocenters. The molecule has 0 aliphatic carbocycles. The lowest BCUT2D eigenvalue weighted by Gasteiger charge is -2.24. The fourth-order valence-corrected chi connectivity index (χ4v) is 3.36. The second-order valence-corrected chi connectivity index (χ2v) is 9.58. The van der Waals surface area contributed by atoms with Gasteiger partial charge in [0.1, 0.15) is 5.75 Å². The van der Waals surface area contributed by atoms with Gasteiger partial charge in [0.15, 0.2) is 5.11 Å². The van der Waals surface area contributed by atoms with Gasteiger partial charge in [0, 0.05) is 25.2 Å². The summed E-state index contributed by atoms with van der Waals surface area (Å²) in [6.45, 7) is 8.42. The van der Waals surface area contributed by atoms with Crippen LogP contribution in [0, 0.1) is 19.3 Å². The molecule has 0 heterocycles. The molecule has 2 aromatic rings. The summed E-state index contributed by atoms with van der Waals surface area (Å²) >= 11 is 5.32. The average molecular weight is 470 g/mol. The van der Waals surface area contributed by atoms with Gasteiger partial charge >= 0.3 is 0 Å². The zero-order valence-electron chi connectivity index (χ0n) is 20.5. The largest absolute Gasteiger partial charge is 0.493 e. The predicted octanol–water partition coefficient (Wildman–Crippen LogP) is 4.63. The van der Waals surface area contributed by atoms with E-state index in [1.807, 2.05) is 64.1 Å². The Morgan fingerprint density at radius 2 is 1.73 bits per heavy atom. The molecule has 6 nitrogen and oxygen atoms in total. The van der Waals surface area contributed by atoms with Gasteiger partial charge in [-0.3, -0.25) is 9.59 Å². The molecule has 178 valence electrons. The van der Waals surface area contributed by atoms with Crippen LogP contribution in [0.25, 0.3) is 0 Å². The minimum atomic E-state index is -0.590. The van der Waals surface area contributed by atoms with Gasteiger partial charge in [0.2, 0.25) is 11.8 Å². The Balaban J connectivity index is 1.79. The molecule has 0 saturated carbocycles. The monoisotopic (exact) mass is 469 g/mol. The van der Waals surface area contributed by atoms with Crippen molar-refractivity contribution in [1.29, 1.82) is 0 Å². The minimum absolute atomic E-state index is 0.0418. The second-order valence-electron chi connectivity index (χ2n) is 9.17. The van der Waals surface area contributed by atoms with Crippen LogP contribution < -0.4 is 15.4 Å². The maximum absolute atomic E-state index is 12.7. The third-order valence-electron chi connectivity index (χ3n) is 5.46. The van der Waals surface area contributed by atoms with Crippen LogP contribution >= 0.6 is 12.2 Å². The van der Waals surface area contributed by atoms with Crippen LogP contribution in [-0.2, 0) is 16.0 Å². The molecule has 0 bridgehead atoms. The molecule has 7 heteroatoms. The number of amides is 2. The van der Waals surface area contributed by atoms with Crippen LogP contribution in [0.5, 0.6) is 5.75 Å².